The third-order valence-corrected chi connectivity index (χ3v) is 8.20. The largest absolute Gasteiger partial charge is 0.342 e. The van der Waals surface area contributed by atoms with Crippen LogP contribution >= 0.6 is 21.6 Å². The van der Waals surface area contributed by atoms with Gasteiger partial charge in [0.1, 0.15) is 0 Å². The SMILES string of the molecule is O=C(CCCC[C@@H]1CCSS1)N1CCCC[C@H](c2ccccc2)C1. The molecule has 1 amide bonds. The van der Waals surface area contributed by atoms with Crippen LogP contribution in [0.25, 0.3) is 0 Å². The molecule has 1 aromatic rings. The summed E-state index contributed by atoms with van der Waals surface area (Å²) in [5.41, 5.74) is 1.40. The molecule has 2 saturated heterocycles. The molecular formula is C20H29NOS2. The Morgan fingerprint density at radius 3 is 2.79 bits per heavy atom. The summed E-state index contributed by atoms with van der Waals surface area (Å²) in [5.74, 6) is 2.21. The van der Waals surface area contributed by atoms with Gasteiger partial charge in [0, 0.05) is 36.4 Å². The molecule has 2 fully saturated rings. The molecule has 0 saturated carbocycles. The highest BCUT2D eigenvalue weighted by molar-refractivity contribution is 8.77. The van der Waals surface area contributed by atoms with Crippen molar-refractivity contribution in [3.05, 3.63) is 35.9 Å². The molecule has 0 aromatic heterocycles. The Labute approximate surface area is 154 Å². The molecule has 2 nitrogen and oxygen atoms in total. The predicted octanol–water partition coefficient (Wildman–Crippen LogP) is 5.50. The topological polar surface area (TPSA) is 20.3 Å². The summed E-state index contributed by atoms with van der Waals surface area (Å²) < 4.78 is 0. The van der Waals surface area contributed by atoms with E-state index in [-0.39, 0.29) is 0 Å². The van der Waals surface area contributed by atoms with Crippen molar-refractivity contribution in [2.45, 2.75) is 62.5 Å². The summed E-state index contributed by atoms with van der Waals surface area (Å²) in [6.45, 7) is 1.87. The second-order valence-electron chi connectivity index (χ2n) is 7.02. The van der Waals surface area contributed by atoms with Crippen molar-refractivity contribution in [1.82, 2.24) is 4.90 Å². The van der Waals surface area contributed by atoms with Gasteiger partial charge in [0.25, 0.3) is 0 Å². The molecule has 24 heavy (non-hydrogen) atoms. The Bertz CT molecular complexity index is 502. The average Bonchev–Trinajstić information content (AvgIpc) is 3.01. The number of likely N-dealkylation sites (tertiary alicyclic amines) is 1. The average molecular weight is 364 g/mol. The van der Waals surface area contributed by atoms with Crippen LogP contribution in [0.15, 0.2) is 30.3 Å². The Morgan fingerprint density at radius 2 is 2.00 bits per heavy atom. The maximum Gasteiger partial charge on any atom is 0.222 e. The Hall–Kier alpha value is -0.610. The van der Waals surface area contributed by atoms with E-state index in [9.17, 15) is 4.79 Å². The molecule has 1 aromatic carbocycles. The van der Waals surface area contributed by atoms with Crippen molar-refractivity contribution < 1.29 is 4.79 Å². The minimum Gasteiger partial charge on any atom is -0.342 e. The molecule has 132 valence electrons. The van der Waals surface area contributed by atoms with Crippen molar-refractivity contribution >= 4 is 27.5 Å². The van der Waals surface area contributed by atoms with Crippen LogP contribution in [0.3, 0.4) is 0 Å². The molecule has 4 heteroatoms. The number of carbonyl (C=O) groups excluding carboxylic acids is 1. The van der Waals surface area contributed by atoms with Crippen LogP contribution in [0.2, 0.25) is 0 Å². The molecule has 0 spiro atoms. The normalized spacial score (nSPS) is 24.8. The lowest BCUT2D eigenvalue weighted by Gasteiger charge is -2.25. The van der Waals surface area contributed by atoms with Crippen LogP contribution in [0.4, 0.5) is 0 Å². The number of benzene rings is 1. The standard InChI is InChI=1S/C20H29NOS2/c22-20(12-5-4-11-19-13-15-23-24-19)21-14-7-6-10-18(16-21)17-8-2-1-3-9-17/h1-3,8-9,18-19H,4-7,10-16H2/t18-,19+/m0/s1. The molecule has 2 heterocycles. The Kier molecular flexibility index (Phi) is 7.40. The van der Waals surface area contributed by atoms with Crippen LogP contribution in [-0.4, -0.2) is 34.9 Å². The van der Waals surface area contributed by atoms with Gasteiger partial charge in [-0.2, -0.15) is 0 Å². The smallest absolute Gasteiger partial charge is 0.222 e. The fourth-order valence-electron chi connectivity index (χ4n) is 3.74. The van der Waals surface area contributed by atoms with Crippen LogP contribution in [-0.2, 0) is 4.79 Å². The van der Waals surface area contributed by atoms with Crippen molar-refractivity contribution in [2.75, 3.05) is 18.8 Å². The van der Waals surface area contributed by atoms with E-state index >= 15 is 0 Å². The highest BCUT2D eigenvalue weighted by Gasteiger charge is 2.23. The van der Waals surface area contributed by atoms with E-state index in [0.29, 0.717) is 11.8 Å². The zero-order valence-corrected chi connectivity index (χ0v) is 16.1. The van der Waals surface area contributed by atoms with E-state index in [4.69, 9.17) is 0 Å². The number of nitrogens with zero attached hydrogens (tertiary/aromatic N) is 1. The van der Waals surface area contributed by atoms with Crippen LogP contribution in [0, 0.1) is 0 Å². The number of hydrogen-bond acceptors (Lipinski definition) is 3. The van der Waals surface area contributed by atoms with Crippen LogP contribution in [0.1, 0.15) is 62.8 Å². The van der Waals surface area contributed by atoms with E-state index in [1.165, 1.54) is 43.4 Å². The van der Waals surface area contributed by atoms with Gasteiger partial charge in [0.15, 0.2) is 0 Å². The first-order chi connectivity index (χ1) is 11.8. The van der Waals surface area contributed by atoms with E-state index in [1.807, 2.05) is 10.8 Å². The summed E-state index contributed by atoms with van der Waals surface area (Å²) in [7, 11) is 4.06. The maximum absolute atomic E-state index is 12.6. The first-order valence-corrected chi connectivity index (χ1v) is 11.8. The summed E-state index contributed by atoms with van der Waals surface area (Å²) in [5, 5.41) is 0.839. The Morgan fingerprint density at radius 1 is 1.12 bits per heavy atom. The second kappa shape index (κ2) is 9.76. The van der Waals surface area contributed by atoms with Gasteiger partial charge in [0.05, 0.1) is 0 Å². The minimum absolute atomic E-state index is 0.381. The molecule has 2 aliphatic rings. The van der Waals surface area contributed by atoms with E-state index in [1.54, 1.807) is 0 Å². The van der Waals surface area contributed by atoms with Crippen molar-refractivity contribution in [3.8, 4) is 0 Å². The Balaban J connectivity index is 1.44. The highest BCUT2D eigenvalue weighted by Crippen LogP contribution is 2.39. The van der Waals surface area contributed by atoms with Gasteiger partial charge < -0.3 is 4.90 Å². The van der Waals surface area contributed by atoms with Crippen LogP contribution in [0.5, 0.6) is 0 Å². The fourth-order valence-corrected chi connectivity index (χ4v) is 6.76. The van der Waals surface area contributed by atoms with Gasteiger partial charge in [-0.05, 0) is 37.7 Å². The van der Waals surface area contributed by atoms with Crippen molar-refractivity contribution in [1.29, 1.82) is 0 Å². The first kappa shape index (κ1) is 18.2. The predicted molar refractivity (Wildman–Crippen MR) is 107 cm³/mol. The summed E-state index contributed by atoms with van der Waals surface area (Å²) >= 11 is 0. The zero-order chi connectivity index (χ0) is 16.6. The van der Waals surface area contributed by atoms with Gasteiger partial charge in [-0.1, -0.05) is 64.8 Å². The molecule has 3 rings (SSSR count). The number of amides is 1. The lowest BCUT2D eigenvalue weighted by Crippen LogP contribution is -2.33. The lowest BCUT2D eigenvalue weighted by atomic mass is 9.94. The van der Waals surface area contributed by atoms with Gasteiger partial charge in [0.2, 0.25) is 5.91 Å². The van der Waals surface area contributed by atoms with Crippen LogP contribution < -0.4 is 0 Å². The van der Waals surface area contributed by atoms with E-state index in [2.05, 4.69) is 46.0 Å². The number of hydrogen-bond donors (Lipinski definition) is 0. The molecule has 2 atom stereocenters. The number of carbonyl (C=O) groups is 1. The van der Waals surface area contributed by atoms with Crippen molar-refractivity contribution in [3.63, 3.8) is 0 Å². The van der Waals surface area contributed by atoms with Gasteiger partial charge >= 0.3 is 0 Å². The molecule has 2 aliphatic heterocycles. The van der Waals surface area contributed by atoms with E-state index < -0.39 is 0 Å². The number of unbranched alkanes of at least 4 members (excludes halogenated alkanes) is 1. The molecular weight excluding hydrogens is 334 g/mol. The summed E-state index contributed by atoms with van der Waals surface area (Å²) in [6, 6.07) is 10.7. The molecule has 0 unspecified atom stereocenters. The lowest BCUT2D eigenvalue weighted by molar-refractivity contribution is -0.131. The maximum atomic E-state index is 12.6. The first-order valence-electron chi connectivity index (χ1n) is 9.44. The highest BCUT2D eigenvalue weighted by atomic mass is 33.1. The fraction of sp³-hybridized carbons (Fsp3) is 0.650. The summed E-state index contributed by atoms with van der Waals surface area (Å²) in [4.78, 5) is 14.8. The quantitative estimate of drug-likeness (QED) is 0.492. The minimum atomic E-state index is 0.381. The molecule has 0 radical (unpaired) electrons. The molecule has 0 aliphatic carbocycles. The third kappa shape index (κ3) is 5.45. The van der Waals surface area contributed by atoms with Crippen molar-refractivity contribution in [2.24, 2.45) is 0 Å². The monoisotopic (exact) mass is 363 g/mol. The zero-order valence-electron chi connectivity index (χ0n) is 14.5. The third-order valence-electron chi connectivity index (χ3n) is 5.19. The van der Waals surface area contributed by atoms with E-state index in [0.717, 1.165) is 37.6 Å². The van der Waals surface area contributed by atoms with Gasteiger partial charge in [-0.3, -0.25) is 4.79 Å². The summed E-state index contributed by atoms with van der Waals surface area (Å²) in [6.07, 6.45) is 9.26. The second-order valence-corrected chi connectivity index (χ2v) is 9.81. The van der Waals surface area contributed by atoms with Gasteiger partial charge in [-0.25, -0.2) is 0 Å². The molecule has 0 bridgehead atoms. The number of rotatable bonds is 6. The van der Waals surface area contributed by atoms with Gasteiger partial charge in [-0.15, -0.1) is 0 Å². The molecule has 0 N–H and O–H groups in total.